The number of aryl methyl sites for hydroxylation is 1. The second kappa shape index (κ2) is 5.01. The van der Waals surface area contributed by atoms with Crippen molar-refractivity contribution in [3.8, 4) is 5.75 Å². The molecule has 2 unspecified atom stereocenters. The van der Waals surface area contributed by atoms with E-state index in [0.717, 1.165) is 6.61 Å². The van der Waals surface area contributed by atoms with Gasteiger partial charge < -0.3 is 4.74 Å². The van der Waals surface area contributed by atoms with Crippen molar-refractivity contribution < 1.29 is 4.74 Å². The fourth-order valence-corrected chi connectivity index (χ4v) is 3.92. The highest BCUT2D eigenvalue weighted by atomic mass is 79.9. The van der Waals surface area contributed by atoms with Gasteiger partial charge >= 0.3 is 0 Å². The number of ether oxygens (including phenoxy) is 1. The highest BCUT2D eigenvalue weighted by Gasteiger charge is 2.25. The van der Waals surface area contributed by atoms with Crippen molar-refractivity contribution in [2.75, 3.05) is 6.61 Å². The predicted octanol–water partition coefficient (Wildman–Crippen LogP) is 4.43. The maximum absolute atomic E-state index is 5.93. The average molecular weight is 295 g/mol. The van der Waals surface area contributed by atoms with Crippen molar-refractivity contribution in [2.24, 2.45) is 0 Å². The van der Waals surface area contributed by atoms with E-state index in [-0.39, 0.29) is 0 Å². The van der Waals surface area contributed by atoms with Gasteiger partial charge in [-0.05, 0) is 49.1 Å². The molecule has 1 aromatic carbocycles. The van der Waals surface area contributed by atoms with Crippen LogP contribution < -0.4 is 4.74 Å². The first-order chi connectivity index (χ1) is 8.34. The number of hydrogen-bond donors (Lipinski definition) is 0. The molecule has 1 nitrogen and oxygen atoms in total. The molecule has 3 rings (SSSR count). The molecule has 1 saturated carbocycles. The predicted molar refractivity (Wildman–Crippen MR) is 74.2 cm³/mol. The third-order valence-corrected chi connectivity index (χ3v) is 4.85. The van der Waals surface area contributed by atoms with Gasteiger partial charge in [-0.1, -0.05) is 40.5 Å². The Morgan fingerprint density at radius 2 is 2.12 bits per heavy atom. The topological polar surface area (TPSA) is 9.23 Å². The van der Waals surface area contributed by atoms with Crippen LogP contribution >= 0.6 is 15.9 Å². The van der Waals surface area contributed by atoms with E-state index in [2.05, 4.69) is 34.1 Å². The van der Waals surface area contributed by atoms with E-state index in [4.69, 9.17) is 4.74 Å². The molecule has 0 aromatic heterocycles. The summed E-state index contributed by atoms with van der Waals surface area (Å²) in [4.78, 5) is 0.695. The Morgan fingerprint density at radius 3 is 3.00 bits per heavy atom. The van der Waals surface area contributed by atoms with Crippen LogP contribution in [0.3, 0.4) is 0 Å². The normalized spacial score (nSPS) is 28.3. The van der Waals surface area contributed by atoms with Crippen molar-refractivity contribution in [2.45, 2.75) is 49.3 Å². The van der Waals surface area contributed by atoms with Gasteiger partial charge in [0.05, 0.1) is 6.61 Å². The van der Waals surface area contributed by atoms with E-state index in [1.165, 1.54) is 55.4 Å². The van der Waals surface area contributed by atoms with Gasteiger partial charge in [-0.3, -0.25) is 0 Å². The van der Waals surface area contributed by atoms with Crippen LogP contribution in [0.2, 0.25) is 0 Å². The molecule has 2 heteroatoms. The lowest BCUT2D eigenvalue weighted by molar-refractivity contribution is 0.280. The van der Waals surface area contributed by atoms with Crippen LogP contribution in [0.5, 0.6) is 5.75 Å². The largest absolute Gasteiger partial charge is 0.493 e. The molecule has 17 heavy (non-hydrogen) atoms. The van der Waals surface area contributed by atoms with Crippen molar-refractivity contribution in [3.05, 3.63) is 29.3 Å². The van der Waals surface area contributed by atoms with E-state index in [1.54, 1.807) is 0 Å². The summed E-state index contributed by atoms with van der Waals surface area (Å²) in [5.74, 6) is 1.91. The summed E-state index contributed by atoms with van der Waals surface area (Å²) in [5.41, 5.74) is 2.89. The molecule has 0 radical (unpaired) electrons. The zero-order chi connectivity index (χ0) is 11.7. The third kappa shape index (κ3) is 2.37. The minimum Gasteiger partial charge on any atom is -0.493 e. The summed E-state index contributed by atoms with van der Waals surface area (Å²) < 4.78 is 5.93. The van der Waals surface area contributed by atoms with Gasteiger partial charge in [-0.25, -0.2) is 0 Å². The molecule has 0 amide bonds. The van der Waals surface area contributed by atoms with Crippen LogP contribution in [-0.4, -0.2) is 11.4 Å². The van der Waals surface area contributed by atoms with Gasteiger partial charge in [0.15, 0.2) is 0 Å². The van der Waals surface area contributed by atoms with Crippen LogP contribution in [0.15, 0.2) is 18.2 Å². The van der Waals surface area contributed by atoms with Crippen molar-refractivity contribution in [1.82, 2.24) is 0 Å². The first-order valence-corrected chi connectivity index (χ1v) is 7.65. The number of benzene rings is 1. The Balaban J connectivity index is 1.91. The molecule has 0 spiro atoms. The van der Waals surface area contributed by atoms with E-state index < -0.39 is 0 Å². The number of rotatable bonds is 1. The minimum atomic E-state index is 0.695. The lowest BCUT2D eigenvalue weighted by atomic mass is 9.82. The Hall–Kier alpha value is -0.500. The first kappa shape index (κ1) is 11.6. The Kier molecular flexibility index (Phi) is 3.41. The molecule has 2 aliphatic rings. The van der Waals surface area contributed by atoms with Gasteiger partial charge in [0.25, 0.3) is 0 Å². The molecule has 1 fully saturated rings. The molecule has 92 valence electrons. The van der Waals surface area contributed by atoms with E-state index in [1.807, 2.05) is 0 Å². The molecular weight excluding hydrogens is 276 g/mol. The Bertz CT molecular complexity index is 402. The van der Waals surface area contributed by atoms with Crippen molar-refractivity contribution >= 4 is 15.9 Å². The fraction of sp³-hybridized carbons (Fsp3) is 0.600. The number of halogens is 1. The SMILES string of the molecule is BrC1CCCC(c2cccc3c2OCCC3)C1. The second-order valence-electron chi connectivity index (χ2n) is 5.25. The monoisotopic (exact) mass is 294 g/mol. The molecule has 1 aromatic rings. The second-order valence-corrected chi connectivity index (χ2v) is 6.54. The van der Waals surface area contributed by atoms with Gasteiger partial charge in [0, 0.05) is 4.83 Å². The summed E-state index contributed by atoms with van der Waals surface area (Å²) in [6.07, 6.45) is 7.61. The van der Waals surface area contributed by atoms with Crippen LogP contribution in [0.1, 0.15) is 49.1 Å². The zero-order valence-electron chi connectivity index (χ0n) is 10.1. The molecule has 2 atom stereocenters. The first-order valence-electron chi connectivity index (χ1n) is 6.73. The number of para-hydroxylation sites is 1. The van der Waals surface area contributed by atoms with Crippen LogP contribution in [0, 0.1) is 0 Å². The van der Waals surface area contributed by atoms with Crippen LogP contribution in [-0.2, 0) is 6.42 Å². The molecule has 0 bridgehead atoms. The smallest absolute Gasteiger partial charge is 0.125 e. The van der Waals surface area contributed by atoms with Crippen molar-refractivity contribution in [1.29, 1.82) is 0 Å². The minimum absolute atomic E-state index is 0.695. The van der Waals surface area contributed by atoms with Crippen molar-refractivity contribution in [3.63, 3.8) is 0 Å². The summed E-state index contributed by atoms with van der Waals surface area (Å²) >= 11 is 3.78. The maximum Gasteiger partial charge on any atom is 0.125 e. The lowest BCUT2D eigenvalue weighted by Crippen LogP contribution is -2.17. The number of hydrogen-bond acceptors (Lipinski definition) is 1. The van der Waals surface area contributed by atoms with Gasteiger partial charge in [-0.15, -0.1) is 0 Å². The summed E-state index contributed by atoms with van der Waals surface area (Å²) in [6.45, 7) is 0.897. The standard InChI is InChI=1S/C15H19BrO/c16-13-7-1-5-12(10-13)14-8-2-4-11-6-3-9-17-15(11)14/h2,4,8,12-13H,1,3,5-7,9-10H2. The Labute approximate surface area is 112 Å². The van der Waals surface area contributed by atoms with Gasteiger partial charge in [0.2, 0.25) is 0 Å². The molecule has 1 aliphatic carbocycles. The quantitative estimate of drug-likeness (QED) is 0.696. The highest BCUT2D eigenvalue weighted by molar-refractivity contribution is 9.09. The summed E-state index contributed by atoms with van der Waals surface area (Å²) in [7, 11) is 0. The summed E-state index contributed by atoms with van der Waals surface area (Å²) in [5, 5.41) is 0. The van der Waals surface area contributed by atoms with Crippen LogP contribution in [0.4, 0.5) is 0 Å². The average Bonchev–Trinajstić information content (AvgIpc) is 2.38. The van der Waals surface area contributed by atoms with Gasteiger partial charge in [-0.2, -0.15) is 0 Å². The number of alkyl halides is 1. The molecular formula is C15H19BrO. The number of fused-ring (bicyclic) bond motifs is 1. The lowest BCUT2D eigenvalue weighted by Gasteiger charge is -2.29. The molecule has 1 heterocycles. The highest BCUT2D eigenvalue weighted by Crippen LogP contribution is 2.42. The van der Waals surface area contributed by atoms with Gasteiger partial charge in [0.1, 0.15) is 5.75 Å². The summed E-state index contributed by atoms with van der Waals surface area (Å²) in [6, 6.07) is 6.72. The molecule has 0 N–H and O–H groups in total. The zero-order valence-corrected chi connectivity index (χ0v) is 11.7. The Morgan fingerprint density at radius 1 is 1.18 bits per heavy atom. The van der Waals surface area contributed by atoms with Crippen LogP contribution in [0.25, 0.3) is 0 Å². The fourth-order valence-electron chi connectivity index (χ4n) is 3.15. The maximum atomic E-state index is 5.93. The molecule has 1 aliphatic heterocycles. The van der Waals surface area contributed by atoms with E-state index in [0.29, 0.717) is 10.7 Å². The van der Waals surface area contributed by atoms with E-state index in [9.17, 15) is 0 Å². The third-order valence-electron chi connectivity index (χ3n) is 4.01. The molecule has 0 saturated heterocycles. The van der Waals surface area contributed by atoms with E-state index >= 15 is 0 Å².